The molecule has 0 saturated carbocycles. The second kappa shape index (κ2) is 8.89. The Labute approximate surface area is 181 Å². The first-order chi connectivity index (χ1) is 15.0. The Morgan fingerprint density at radius 3 is 2.45 bits per heavy atom. The van der Waals surface area contributed by atoms with Crippen molar-refractivity contribution in [1.82, 2.24) is 19.9 Å². The highest BCUT2D eigenvalue weighted by Gasteiger charge is 2.22. The number of rotatable bonds is 6. The molecule has 1 saturated heterocycles. The molecule has 0 unspecified atom stereocenters. The summed E-state index contributed by atoms with van der Waals surface area (Å²) in [6.45, 7) is 3.23. The Morgan fingerprint density at radius 1 is 1.13 bits per heavy atom. The van der Waals surface area contributed by atoms with Gasteiger partial charge in [-0.1, -0.05) is 6.92 Å². The van der Waals surface area contributed by atoms with Crippen LogP contribution in [0.1, 0.15) is 30.1 Å². The molecule has 0 aliphatic carbocycles. The number of benzene rings is 1. The van der Waals surface area contributed by atoms with E-state index in [9.17, 15) is 13.2 Å². The number of hydrogen-bond donors (Lipinski definition) is 1. The maximum absolute atomic E-state index is 12.6. The predicted octanol–water partition coefficient (Wildman–Crippen LogP) is 2.46. The van der Waals surface area contributed by atoms with Crippen LogP contribution in [0.25, 0.3) is 5.82 Å². The summed E-state index contributed by atoms with van der Waals surface area (Å²) in [7, 11) is -3.19. The van der Waals surface area contributed by atoms with Gasteiger partial charge in [0.05, 0.1) is 16.2 Å². The smallest absolute Gasteiger partial charge is 0.253 e. The van der Waals surface area contributed by atoms with Gasteiger partial charge in [0.15, 0.2) is 9.84 Å². The summed E-state index contributed by atoms with van der Waals surface area (Å²) < 4.78 is 25.7. The number of aromatic nitrogens is 3. The van der Waals surface area contributed by atoms with Crippen LogP contribution in [0.3, 0.4) is 0 Å². The van der Waals surface area contributed by atoms with Crippen molar-refractivity contribution >= 4 is 21.4 Å². The van der Waals surface area contributed by atoms with Gasteiger partial charge in [0.25, 0.3) is 5.91 Å². The number of imidazole rings is 1. The number of nitrogens with one attached hydrogen (secondary N) is 1. The molecule has 0 atom stereocenters. The van der Waals surface area contributed by atoms with Crippen LogP contribution in [0.4, 0.5) is 5.69 Å². The molecule has 0 bridgehead atoms. The summed E-state index contributed by atoms with van der Waals surface area (Å²) in [4.78, 5) is 23.5. The number of sulfone groups is 1. The number of nitrogens with zero attached hydrogens (tertiary/aromatic N) is 4. The van der Waals surface area contributed by atoms with Crippen molar-refractivity contribution in [3.05, 3.63) is 66.9 Å². The molecule has 1 aromatic carbocycles. The first-order valence-electron chi connectivity index (χ1n) is 10.3. The molecule has 162 valence electrons. The lowest BCUT2D eigenvalue weighted by Crippen LogP contribution is -2.44. The normalized spacial score (nSPS) is 15.1. The van der Waals surface area contributed by atoms with Crippen molar-refractivity contribution < 1.29 is 13.2 Å². The van der Waals surface area contributed by atoms with E-state index in [4.69, 9.17) is 0 Å². The summed E-state index contributed by atoms with van der Waals surface area (Å²) >= 11 is 0. The van der Waals surface area contributed by atoms with Gasteiger partial charge in [-0.2, -0.15) is 0 Å². The second-order valence-electron chi connectivity index (χ2n) is 7.51. The number of carbonyl (C=O) groups is 1. The van der Waals surface area contributed by atoms with Gasteiger partial charge in [-0.3, -0.25) is 9.36 Å². The molecular formula is C22H25N5O3S. The van der Waals surface area contributed by atoms with E-state index in [1.54, 1.807) is 60.7 Å². The minimum atomic E-state index is -3.19. The Hall–Kier alpha value is -3.20. The number of amides is 1. The summed E-state index contributed by atoms with van der Waals surface area (Å²) in [6.07, 6.45) is 8.35. The Kier molecular flexibility index (Phi) is 6.03. The van der Waals surface area contributed by atoms with Gasteiger partial charge in [0.2, 0.25) is 0 Å². The number of piperidine rings is 1. The SMILES string of the molecule is CCS(=O)(=O)c1ccc(N2CCC(NC(=O)c3ccc(-n4ccnc4)nc3)CC2)cc1. The largest absolute Gasteiger partial charge is 0.371 e. The highest BCUT2D eigenvalue weighted by atomic mass is 32.2. The summed E-state index contributed by atoms with van der Waals surface area (Å²) in [5.41, 5.74) is 1.53. The average molecular weight is 440 g/mol. The fourth-order valence-electron chi connectivity index (χ4n) is 3.65. The van der Waals surface area contributed by atoms with E-state index in [1.165, 1.54) is 0 Å². The predicted molar refractivity (Wildman–Crippen MR) is 118 cm³/mol. The molecule has 31 heavy (non-hydrogen) atoms. The van der Waals surface area contributed by atoms with E-state index < -0.39 is 9.84 Å². The molecule has 4 rings (SSSR count). The van der Waals surface area contributed by atoms with Gasteiger partial charge in [-0.05, 0) is 49.2 Å². The minimum absolute atomic E-state index is 0.0943. The van der Waals surface area contributed by atoms with E-state index in [2.05, 4.69) is 20.2 Å². The quantitative estimate of drug-likeness (QED) is 0.634. The van der Waals surface area contributed by atoms with Gasteiger partial charge in [-0.25, -0.2) is 18.4 Å². The second-order valence-corrected chi connectivity index (χ2v) is 9.79. The van der Waals surface area contributed by atoms with E-state index in [1.807, 2.05) is 12.1 Å². The Balaban J connectivity index is 1.31. The van der Waals surface area contributed by atoms with Crippen molar-refractivity contribution in [1.29, 1.82) is 0 Å². The van der Waals surface area contributed by atoms with E-state index >= 15 is 0 Å². The number of hydrogen-bond acceptors (Lipinski definition) is 6. The molecule has 1 aliphatic rings. The molecule has 1 N–H and O–H groups in total. The van der Waals surface area contributed by atoms with E-state index in [0.29, 0.717) is 16.3 Å². The third kappa shape index (κ3) is 4.77. The fourth-order valence-corrected chi connectivity index (χ4v) is 4.53. The lowest BCUT2D eigenvalue weighted by molar-refractivity contribution is 0.0930. The monoisotopic (exact) mass is 439 g/mol. The molecule has 2 aromatic heterocycles. The van der Waals surface area contributed by atoms with Crippen LogP contribution in [-0.2, 0) is 9.84 Å². The first kappa shape index (κ1) is 21.0. The lowest BCUT2D eigenvalue weighted by atomic mass is 10.0. The molecular weight excluding hydrogens is 414 g/mol. The summed E-state index contributed by atoms with van der Waals surface area (Å²) in [5.74, 6) is 0.677. The zero-order chi connectivity index (χ0) is 21.8. The molecule has 1 amide bonds. The molecule has 1 aliphatic heterocycles. The van der Waals surface area contributed by atoms with Crippen LogP contribution in [0.5, 0.6) is 0 Å². The van der Waals surface area contributed by atoms with Gasteiger partial charge < -0.3 is 10.2 Å². The first-order valence-corrected chi connectivity index (χ1v) is 11.9. The fraction of sp³-hybridized carbons (Fsp3) is 0.318. The van der Waals surface area contributed by atoms with Gasteiger partial charge in [-0.15, -0.1) is 0 Å². The molecule has 9 heteroatoms. The van der Waals surface area contributed by atoms with Crippen molar-refractivity contribution in [3.8, 4) is 5.82 Å². The van der Waals surface area contributed by atoms with Crippen molar-refractivity contribution in [2.75, 3.05) is 23.7 Å². The van der Waals surface area contributed by atoms with E-state index in [0.717, 1.165) is 31.6 Å². The third-order valence-corrected chi connectivity index (χ3v) is 7.30. The Bertz CT molecular complexity index is 1120. The van der Waals surface area contributed by atoms with Crippen LogP contribution in [0.15, 0.2) is 66.2 Å². The van der Waals surface area contributed by atoms with Crippen LogP contribution < -0.4 is 10.2 Å². The topological polar surface area (TPSA) is 97.2 Å². The zero-order valence-electron chi connectivity index (χ0n) is 17.3. The van der Waals surface area contributed by atoms with Crippen LogP contribution in [0.2, 0.25) is 0 Å². The van der Waals surface area contributed by atoms with Gasteiger partial charge >= 0.3 is 0 Å². The Morgan fingerprint density at radius 2 is 1.87 bits per heavy atom. The molecule has 3 heterocycles. The number of pyridine rings is 1. The van der Waals surface area contributed by atoms with Crippen LogP contribution in [-0.4, -0.2) is 53.7 Å². The van der Waals surface area contributed by atoms with Crippen LogP contribution >= 0.6 is 0 Å². The van der Waals surface area contributed by atoms with Gasteiger partial charge in [0, 0.05) is 43.4 Å². The molecule has 3 aromatic rings. The average Bonchev–Trinajstić information content (AvgIpc) is 3.35. The van der Waals surface area contributed by atoms with Crippen molar-refractivity contribution in [2.24, 2.45) is 0 Å². The molecule has 0 spiro atoms. The third-order valence-electron chi connectivity index (χ3n) is 5.55. The highest BCUT2D eigenvalue weighted by Crippen LogP contribution is 2.22. The van der Waals surface area contributed by atoms with Gasteiger partial charge in [0.1, 0.15) is 12.1 Å². The number of carbonyl (C=O) groups excluding carboxylic acids is 1. The summed E-state index contributed by atoms with van der Waals surface area (Å²) in [5, 5.41) is 3.09. The van der Waals surface area contributed by atoms with Crippen LogP contribution in [0, 0.1) is 0 Å². The minimum Gasteiger partial charge on any atom is -0.371 e. The summed E-state index contributed by atoms with van der Waals surface area (Å²) in [6, 6.07) is 10.7. The molecule has 8 nitrogen and oxygen atoms in total. The van der Waals surface area contributed by atoms with Crippen molar-refractivity contribution in [2.45, 2.75) is 30.7 Å². The molecule has 1 fully saturated rings. The van der Waals surface area contributed by atoms with Crippen molar-refractivity contribution in [3.63, 3.8) is 0 Å². The lowest BCUT2D eigenvalue weighted by Gasteiger charge is -2.34. The molecule has 0 radical (unpaired) electrons. The maximum Gasteiger partial charge on any atom is 0.253 e. The van der Waals surface area contributed by atoms with E-state index in [-0.39, 0.29) is 17.7 Å². The zero-order valence-corrected chi connectivity index (χ0v) is 18.1. The number of anilines is 1. The highest BCUT2D eigenvalue weighted by molar-refractivity contribution is 7.91. The standard InChI is InChI=1S/C22H25N5O3S/c1-2-31(29,30)20-6-4-19(5-7-20)26-12-9-18(10-13-26)25-22(28)17-3-8-21(24-15-17)27-14-11-23-16-27/h3-8,11,14-16,18H,2,9-10,12-13H2,1H3,(H,25,28). The maximum atomic E-state index is 12.6.